The van der Waals surface area contributed by atoms with E-state index in [1.165, 1.54) is 28.0 Å². The smallest absolute Gasteiger partial charge is 1.00 e. The van der Waals surface area contributed by atoms with E-state index in [0.717, 1.165) is 40.7 Å². The normalized spacial score (nSPS) is 13.1. The zero-order chi connectivity index (χ0) is 23.5. The Morgan fingerprint density at radius 1 is 1.29 bits per heavy atom. The van der Waals surface area contributed by atoms with E-state index >= 15 is 0 Å². The zero-order valence-electron chi connectivity index (χ0n) is 21.0. The number of ether oxygens (including phenoxy) is 1. The van der Waals surface area contributed by atoms with Gasteiger partial charge in [-0.3, -0.25) is 9.69 Å². The van der Waals surface area contributed by atoms with Crippen molar-refractivity contribution in [1.29, 1.82) is 5.26 Å². The summed E-state index contributed by atoms with van der Waals surface area (Å²) in [6.07, 6.45) is 1.05. The summed E-state index contributed by atoms with van der Waals surface area (Å²) in [5.74, 6) is -0.188. The predicted octanol–water partition coefficient (Wildman–Crippen LogP) is 1.79. The van der Waals surface area contributed by atoms with Crippen molar-refractivity contribution in [2.24, 2.45) is 0 Å². The molecule has 0 radical (unpaired) electrons. The minimum absolute atomic E-state index is 0. The Balaban J connectivity index is 0.00000216. The Bertz CT molecular complexity index is 1240. The number of nitrogens with zero attached hydrogens (tertiary/aromatic N) is 4. The van der Waals surface area contributed by atoms with Crippen LogP contribution in [0.2, 0.25) is 0 Å². The molecule has 0 atom stereocenters. The van der Waals surface area contributed by atoms with Crippen LogP contribution in [0.25, 0.3) is 21.1 Å². The van der Waals surface area contributed by atoms with Gasteiger partial charge in [0.2, 0.25) is 0 Å². The molecule has 1 aliphatic rings. The second-order valence-corrected chi connectivity index (χ2v) is 9.42. The molecule has 0 unspecified atom stereocenters. The van der Waals surface area contributed by atoms with Crippen LogP contribution in [0.1, 0.15) is 43.9 Å². The number of hydrogen-bond acceptors (Lipinski definition) is 7. The number of benzene rings is 2. The van der Waals surface area contributed by atoms with Crippen molar-refractivity contribution in [3.05, 3.63) is 52.6 Å². The van der Waals surface area contributed by atoms with Crippen LogP contribution in [0, 0.1) is 18.3 Å². The van der Waals surface area contributed by atoms with Gasteiger partial charge in [-0.25, -0.2) is 0 Å². The largest absolute Gasteiger partial charge is 1.00 e. The van der Waals surface area contributed by atoms with Crippen molar-refractivity contribution >= 4 is 17.3 Å². The quantitative estimate of drug-likeness (QED) is 0.509. The Labute approximate surface area is 227 Å². The molecule has 7 nitrogen and oxygen atoms in total. The molecule has 0 amide bonds. The summed E-state index contributed by atoms with van der Waals surface area (Å²) in [4.78, 5) is 13.1. The van der Waals surface area contributed by atoms with Crippen molar-refractivity contribution < 1.29 is 45.6 Å². The van der Waals surface area contributed by atoms with E-state index in [4.69, 9.17) is 9.84 Å². The van der Waals surface area contributed by atoms with Gasteiger partial charge < -0.3 is 11.3 Å². The van der Waals surface area contributed by atoms with Gasteiger partial charge in [0.05, 0.1) is 18.1 Å². The van der Waals surface area contributed by atoms with Crippen LogP contribution in [0.5, 0.6) is 5.75 Å². The molecular weight excluding hydrogens is 459 g/mol. The minimum Gasteiger partial charge on any atom is -1.00 e. The van der Waals surface area contributed by atoms with Gasteiger partial charge >= 0.3 is 35.5 Å². The van der Waals surface area contributed by atoms with Crippen molar-refractivity contribution in [2.75, 3.05) is 13.1 Å². The number of nitriles is 1. The van der Waals surface area contributed by atoms with Gasteiger partial charge in [-0.2, -0.15) is 5.26 Å². The maximum atomic E-state index is 10.9. The summed E-state index contributed by atoms with van der Waals surface area (Å²) < 4.78 is 5.72. The zero-order valence-corrected chi connectivity index (χ0v) is 22.8. The van der Waals surface area contributed by atoms with Crippen LogP contribution in [0.3, 0.4) is 0 Å². The fourth-order valence-electron chi connectivity index (χ4n) is 4.13. The monoisotopic (exact) mass is 486 g/mol. The molecule has 3 aromatic rings. The van der Waals surface area contributed by atoms with Gasteiger partial charge in [0.1, 0.15) is 21.8 Å². The van der Waals surface area contributed by atoms with Gasteiger partial charge in [-0.15, -0.1) is 10.2 Å². The number of aromatic nitrogens is 2. The van der Waals surface area contributed by atoms with Crippen LogP contribution in [0.15, 0.2) is 30.3 Å². The molecule has 0 saturated heterocycles. The molecular formula is C25H27N4NaO3S. The van der Waals surface area contributed by atoms with E-state index in [-0.39, 0.29) is 43.5 Å². The Hall–Kier alpha value is -2.28. The number of aliphatic carboxylic acids is 1. The number of hydrogen-bond donors (Lipinski definition) is 1. The molecule has 2 heterocycles. The summed E-state index contributed by atoms with van der Waals surface area (Å²) in [7, 11) is 0. The second-order valence-electron chi connectivity index (χ2n) is 8.45. The minimum atomic E-state index is -0.761. The fraction of sp³-hybridized carbons (Fsp3) is 0.360. The first-order valence-corrected chi connectivity index (χ1v) is 11.8. The Kier molecular flexibility index (Phi) is 8.85. The molecule has 0 bridgehead atoms. The van der Waals surface area contributed by atoms with Crippen molar-refractivity contribution in [2.45, 2.75) is 46.3 Å². The number of carboxylic acid groups (broad SMARTS) is 1. The second kappa shape index (κ2) is 11.4. The number of carboxylic acids is 1. The van der Waals surface area contributed by atoms with Crippen LogP contribution in [-0.4, -0.2) is 45.4 Å². The molecule has 1 aliphatic heterocycles. The molecule has 0 fully saturated rings. The van der Waals surface area contributed by atoms with E-state index < -0.39 is 5.97 Å². The average Bonchev–Trinajstić information content (AvgIpc) is 3.27. The molecule has 0 saturated carbocycles. The van der Waals surface area contributed by atoms with Crippen molar-refractivity contribution in [3.8, 4) is 33.0 Å². The molecule has 2 aromatic carbocycles. The first-order valence-electron chi connectivity index (χ1n) is 11.0. The van der Waals surface area contributed by atoms with Gasteiger partial charge in [-0.05, 0) is 62.1 Å². The van der Waals surface area contributed by atoms with Crippen LogP contribution in [-0.2, 0) is 17.8 Å². The van der Waals surface area contributed by atoms with E-state index in [1.807, 2.05) is 26.0 Å². The summed E-state index contributed by atoms with van der Waals surface area (Å²) in [5.41, 5.74) is 6.16. The standard InChI is InChI=1S/C25H26N4O3S.Na.H/c1-15(2)32-22-7-5-17(12-19(22)13-26)24-27-28-25(33-24)21-6-4-18-14-29(11-9-23(30)31)10-8-20(18)16(21)3;;/h4-7,12,15H,8-11,14H2,1-3H3,(H,30,31);;/q;+1;-1. The van der Waals surface area contributed by atoms with Crippen molar-refractivity contribution in [1.82, 2.24) is 15.1 Å². The first kappa shape index (κ1) is 26.3. The summed E-state index contributed by atoms with van der Waals surface area (Å²) in [6.45, 7) is 8.18. The molecule has 9 heteroatoms. The van der Waals surface area contributed by atoms with Crippen LogP contribution in [0.4, 0.5) is 0 Å². The number of fused-ring (bicyclic) bond motifs is 1. The molecule has 172 valence electrons. The van der Waals surface area contributed by atoms with Crippen LogP contribution >= 0.6 is 11.3 Å². The predicted molar refractivity (Wildman–Crippen MR) is 128 cm³/mol. The Morgan fingerprint density at radius 2 is 2.06 bits per heavy atom. The average molecular weight is 487 g/mol. The number of rotatable bonds is 7. The van der Waals surface area contributed by atoms with Gasteiger partial charge in [0.15, 0.2) is 0 Å². The summed E-state index contributed by atoms with van der Waals surface area (Å²) in [5, 5.41) is 28.9. The van der Waals surface area contributed by atoms with Crippen LogP contribution < -0.4 is 34.3 Å². The van der Waals surface area contributed by atoms with E-state index in [1.54, 1.807) is 6.07 Å². The molecule has 34 heavy (non-hydrogen) atoms. The first-order chi connectivity index (χ1) is 15.9. The third-order valence-electron chi connectivity index (χ3n) is 5.77. The third-order valence-corrected chi connectivity index (χ3v) is 6.78. The Morgan fingerprint density at radius 3 is 2.76 bits per heavy atom. The van der Waals surface area contributed by atoms with Gasteiger partial charge in [0, 0.05) is 30.8 Å². The molecule has 4 rings (SSSR count). The maximum absolute atomic E-state index is 10.9. The van der Waals surface area contributed by atoms with E-state index in [2.05, 4.69) is 40.2 Å². The SMILES string of the molecule is Cc1c(-c2nnc(-c3ccc(OC(C)C)c(C#N)c3)s2)ccc2c1CCN(CCC(=O)O)C2.[H-].[Na+]. The maximum Gasteiger partial charge on any atom is 1.00 e. The summed E-state index contributed by atoms with van der Waals surface area (Å²) in [6, 6.07) is 11.9. The molecule has 0 spiro atoms. The topological polar surface area (TPSA) is 99.3 Å². The van der Waals surface area contributed by atoms with E-state index in [9.17, 15) is 10.1 Å². The molecule has 0 aliphatic carbocycles. The van der Waals surface area contributed by atoms with Gasteiger partial charge in [-0.1, -0.05) is 23.5 Å². The van der Waals surface area contributed by atoms with Gasteiger partial charge in [0.25, 0.3) is 0 Å². The molecule has 1 aromatic heterocycles. The number of carbonyl (C=O) groups is 1. The van der Waals surface area contributed by atoms with E-state index in [0.29, 0.717) is 17.9 Å². The third kappa shape index (κ3) is 5.85. The fourth-order valence-corrected chi connectivity index (χ4v) is 5.05. The molecule has 1 N–H and O–H groups in total. The summed E-state index contributed by atoms with van der Waals surface area (Å²) >= 11 is 1.51. The van der Waals surface area contributed by atoms with Crippen molar-refractivity contribution in [3.63, 3.8) is 0 Å².